The number of rotatable bonds is 7. The van der Waals surface area contributed by atoms with E-state index in [-0.39, 0.29) is 11.4 Å². The van der Waals surface area contributed by atoms with E-state index in [2.05, 4.69) is 62.5 Å². The van der Waals surface area contributed by atoms with Crippen molar-refractivity contribution in [2.45, 2.75) is 32.7 Å². The lowest BCUT2D eigenvalue weighted by Crippen LogP contribution is -3.28. The second-order valence-corrected chi connectivity index (χ2v) is 7.48. The van der Waals surface area contributed by atoms with Gasteiger partial charge in [-0.25, -0.2) is 0 Å². The Kier molecular flexibility index (Phi) is 7.00. The van der Waals surface area contributed by atoms with Crippen LogP contribution in [0, 0.1) is 0 Å². The van der Waals surface area contributed by atoms with Gasteiger partial charge in [0.15, 0.2) is 6.54 Å². The minimum atomic E-state index is -0.0914. The van der Waals surface area contributed by atoms with Crippen molar-refractivity contribution in [2.24, 2.45) is 0 Å². The smallest absolute Gasteiger partial charge is 0.275 e. The van der Waals surface area contributed by atoms with Crippen LogP contribution in [0.15, 0.2) is 36.4 Å². The maximum atomic E-state index is 12.1. The fraction of sp³-hybridized carbons (Fsp3) is 0.550. The second kappa shape index (κ2) is 9.00. The normalized spacial score (nSPS) is 21.8. The SMILES string of the molecule is CCC(C)(C)NC(=O)C[NH+]1CC[NH+](C/C=C/c2ccccc2)CC1. The van der Waals surface area contributed by atoms with Crippen molar-refractivity contribution in [1.29, 1.82) is 0 Å². The molecule has 0 radical (unpaired) electrons. The summed E-state index contributed by atoms with van der Waals surface area (Å²) in [6.07, 6.45) is 5.43. The summed E-state index contributed by atoms with van der Waals surface area (Å²) in [6, 6.07) is 10.4. The van der Waals surface area contributed by atoms with E-state index in [1.54, 1.807) is 4.90 Å². The summed E-state index contributed by atoms with van der Waals surface area (Å²) < 4.78 is 0. The Labute approximate surface area is 146 Å². The summed E-state index contributed by atoms with van der Waals surface area (Å²) in [5.74, 6) is 0.185. The van der Waals surface area contributed by atoms with Crippen LogP contribution in [0.1, 0.15) is 32.8 Å². The molecule has 1 fully saturated rings. The van der Waals surface area contributed by atoms with E-state index in [1.807, 2.05) is 6.07 Å². The summed E-state index contributed by atoms with van der Waals surface area (Å²) in [5, 5.41) is 3.14. The maximum absolute atomic E-state index is 12.1. The number of quaternary nitrogens is 2. The zero-order valence-corrected chi connectivity index (χ0v) is 15.4. The zero-order valence-electron chi connectivity index (χ0n) is 15.4. The van der Waals surface area contributed by atoms with Crippen LogP contribution >= 0.6 is 0 Å². The molecule has 1 heterocycles. The van der Waals surface area contributed by atoms with Crippen LogP contribution in [-0.2, 0) is 4.79 Å². The van der Waals surface area contributed by atoms with Gasteiger partial charge in [-0.2, -0.15) is 0 Å². The van der Waals surface area contributed by atoms with Gasteiger partial charge in [-0.3, -0.25) is 4.79 Å². The molecule has 4 heteroatoms. The highest BCUT2D eigenvalue weighted by molar-refractivity contribution is 5.77. The standard InChI is InChI=1S/C20H31N3O/c1-4-20(2,3)21-19(24)17-23-15-13-22(14-16-23)12-8-11-18-9-6-5-7-10-18/h5-11H,4,12-17H2,1-3H3,(H,21,24)/p+2/b11-8+. The number of piperazine rings is 1. The van der Waals surface area contributed by atoms with Crippen LogP contribution in [0.25, 0.3) is 6.08 Å². The molecule has 1 saturated heterocycles. The lowest BCUT2D eigenvalue weighted by molar-refractivity contribution is -1.01. The predicted octanol–water partition coefficient (Wildman–Crippen LogP) is -0.212. The molecule has 132 valence electrons. The molecule has 1 aromatic rings. The Morgan fingerprint density at radius 3 is 2.38 bits per heavy atom. The molecule has 1 aliphatic heterocycles. The zero-order chi connectivity index (χ0) is 17.4. The number of nitrogens with one attached hydrogen (secondary N) is 3. The van der Waals surface area contributed by atoms with Gasteiger partial charge >= 0.3 is 0 Å². The molecule has 1 aromatic carbocycles. The van der Waals surface area contributed by atoms with E-state index in [4.69, 9.17) is 0 Å². The van der Waals surface area contributed by atoms with Gasteiger partial charge in [0.05, 0.1) is 6.54 Å². The molecule has 0 bridgehead atoms. The van der Waals surface area contributed by atoms with Crippen LogP contribution in [0.4, 0.5) is 0 Å². The molecule has 4 nitrogen and oxygen atoms in total. The third kappa shape index (κ3) is 6.46. The Balaban J connectivity index is 1.68. The maximum Gasteiger partial charge on any atom is 0.275 e. The van der Waals surface area contributed by atoms with Gasteiger partial charge < -0.3 is 15.1 Å². The molecular weight excluding hydrogens is 298 g/mol. The van der Waals surface area contributed by atoms with E-state index in [0.717, 1.165) is 39.1 Å². The van der Waals surface area contributed by atoms with E-state index in [9.17, 15) is 4.79 Å². The molecule has 1 aliphatic rings. The van der Waals surface area contributed by atoms with Crippen molar-refractivity contribution < 1.29 is 14.6 Å². The van der Waals surface area contributed by atoms with Gasteiger partial charge in [0.25, 0.3) is 5.91 Å². The summed E-state index contributed by atoms with van der Waals surface area (Å²) in [7, 11) is 0. The summed E-state index contributed by atoms with van der Waals surface area (Å²) in [6.45, 7) is 12.4. The largest absolute Gasteiger partial charge is 0.346 e. The molecule has 24 heavy (non-hydrogen) atoms. The van der Waals surface area contributed by atoms with Crippen molar-refractivity contribution in [3.63, 3.8) is 0 Å². The Morgan fingerprint density at radius 1 is 1.12 bits per heavy atom. The first-order valence-corrected chi connectivity index (χ1v) is 9.18. The minimum absolute atomic E-state index is 0.0914. The summed E-state index contributed by atoms with van der Waals surface area (Å²) >= 11 is 0. The number of carbonyl (C=O) groups is 1. The fourth-order valence-corrected chi connectivity index (χ4v) is 3.00. The van der Waals surface area contributed by atoms with Crippen LogP contribution in [0.2, 0.25) is 0 Å². The topological polar surface area (TPSA) is 38.0 Å². The molecular formula is C20H33N3O+2. The Hall–Kier alpha value is -1.65. The highest BCUT2D eigenvalue weighted by Gasteiger charge is 2.26. The first kappa shape index (κ1) is 18.7. The van der Waals surface area contributed by atoms with Gasteiger partial charge in [0.1, 0.15) is 26.2 Å². The number of benzene rings is 1. The summed E-state index contributed by atoms with van der Waals surface area (Å²) in [4.78, 5) is 15.2. The quantitative estimate of drug-likeness (QED) is 0.635. The van der Waals surface area contributed by atoms with Gasteiger partial charge in [0.2, 0.25) is 0 Å². The molecule has 0 atom stereocenters. The molecule has 3 N–H and O–H groups in total. The van der Waals surface area contributed by atoms with Gasteiger partial charge in [0, 0.05) is 5.54 Å². The van der Waals surface area contributed by atoms with Crippen LogP contribution in [0.5, 0.6) is 0 Å². The third-order valence-corrected chi connectivity index (χ3v) is 4.95. The summed E-state index contributed by atoms with van der Waals surface area (Å²) in [5.41, 5.74) is 1.17. The molecule has 0 saturated carbocycles. The van der Waals surface area contributed by atoms with Crippen molar-refractivity contribution in [3.8, 4) is 0 Å². The average molecular weight is 332 g/mol. The number of carbonyl (C=O) groups excluding carboxylic acids is 1. The van der Waals surface area contributed by atoms with Gasteiger partial charge in [-0.1, -0.05) is 43.3 Å². The molecule has 1 amide bonds. The average Bonchev–Trinajstić information content (AvgIpc) is 2.57. The predicted molar refractivity (Wildman–Crippen MR) is 99.1 cm³/mol. The highest BCUT2D eigenvalue weighted by atomic mass is 16.2. The van der Waals surface area contributed by atoms with Crippen molar-refractivity contribution in [2.75, 3.05) is 39.3 Å². The number of hydrogen-bond acceptors (Lipinski definition) is 1. The lowest BCUT2D eigenvalue weighted by atomic mass is 10.0. The minimum Gasteiger partial charge on any atom is -0.346 e. The van der Waals surface area contributed by atoms with E-state index in [1.165, 1.54) is 10.5 Å². The van der Waals surface area contributed by atoms with Crippen LogP contribution in [-0.4, -0.2) is 50.7 Å². The molecule has 0 aromatic heterocycles. The third-order valence-electron chi connectivity index (χ3n) is 4.95. The molecule has 0 unspecified atom stereocenters. The first-order valence-electron chi connectivity index (χ1n) is 9.18. The van der Waals surface area contributed by atoms with Crippen molar-refractivity contribution >= 4 is 12.0 Å². The van der Waals surface area contributed by atoms with E-state index >= 15 is 0 Å². The number of amides is 1. The lowest BCUT2D eigenvalue weighted by Gasteiger charge is -2.30. The Bertz CT molecular complexity index is 531. The second-order valence-electron chi connectivity index (χ2n) is 7.48. The molecule has 0 aliphatic carbocycles. The molecule has 0 spiro atoms. The van der Waals surface area contributed by atoms with Crippen molar-refractivity contribution in [3.05, 3.63) is 42.0 Å². The Morgan fingerprint density at radius 2 is 1.75 bits per heavy atom. The monoisotopic (exact) mass is 331 g/mol. The van der Waals surface area contributed by atoms with Crippen molar-refractivity contribution in [1.82, 2.24) is 5.32 Å². The van der Waals surface area contributed by atoms with E-state index in [0.29, 0.717) is 6.54 Å². The van der Waals surface area contributed by atoms with Crippen LogP contribution < -0.4 is 15.1 Å². The number of hydrogen-bond donors (Lipinski definition) is 3. The van der Waals surface area contributed by atoms with Crippen LogP contribution in [0.3, 0.4) is 0 Å². The van der Waals surface area contributed by atoms with Gasteiger partial charge in [-0.15, -0.1) is 0 Å². The highest BCUT2D eigenvalue weighted by Crippen LogP contribution is 2.05. The van der Waals surface area contributed by atoms with E-state index < -0.39 is 0 Å². The fourth-order valence-electron chi connectivity index (χ4n) is 3.00. The van der Waals surface area contributed by atoms with Gasteiger partial charge in [-0.05, 0) is 31.9 Å². The first-order chi connectivity index (χ1) is 11.5. The molecule has 2 rings (SSSR count).